The molecule has 0 atom stereocenters. The van der Waals surface area contributed by atoms with Gasteiger partial charge in [0.2, 0.25) is 0 Å². The summed E-state index contributed by atoms with van der Waals surface area (Å²) in [7, 11) is 0. The van der Waals surface area contributed by atoms with Gasteiger partial charge in [0.05, 0.1) is 37.2 Å². The van der Waals surface area contributed by atoms with Gasteiger partial charge in [0.1, 0.15) is 0 Å². The van der Waals surface area contributed by atoms with E-state index in [1.165, 1.54) is 5.69 Å². The van der Waals surface area contributed by atoms with E-state index in [-0.39, 0.29) is 5.91 Å². The van der Waals surface area contributed by atoms with Crippen LogP contribution in [0.1, 0.15) is 34.1 Å². The van der Waals surface area contributed by atoms with Crippen LogP contribution in [0.5, 0.6) is 0 Å². The zero-order valence-electron chi connectivity index (χ0n) is 17.6. The van der Waals surface area contributed by atoms with Gasteiger partial charge in [-0.15, -0.1) is 0 Å². The maximum atomic E-state index is 13.0. The monoisotopic (exact) mass is 404 g/mol. The third-order valence-electron chi connectivity index (χ3n) is 5.54. The fraction of sp³-hybridized carbons (Fsp3) is 0.333. The van der Waals surface area contributed by atoms with E-state index < -0.39 is 0 Å². The number of ether oxygens (including phenoxy) is 1. The number of carbonyl (C=O) groups is 1. The summed E-state index contributed by atoms with van der Waals surface area (Å²) >= 11 is 0. The van der Waals surface area contributed by atoms with Gasteiger partial charge in [-0.3, -0.25) is 9.48 Å². The van der Waals surface area contributed by atoms with Gasteiger partial charge < -0.3 is 15.0 Å². The summed E-state index contributed by atoms with van der Waals surface area (Å²) in [5.41, 5.74) is 5.77. The number of rotatable bonds is 6. The molecule has 3 aromatic rings. The predicted molar refractivity (Wildman–Crippen MR) is 119 cm³/mol. The molecule has 0 radical (unpaired) electrons. The van der Waals surface area contributed by atoms with Crippen molar-refractivity contribution in [2.45, 2.75) is 26.8 Å². The van der Waals surface area contributed by atoms with Crippen molar-refractivity contribution in [1.29, 1.82) is 0 Å². The minimum Gasteiger partial charge on any atom is -0.378 e. The van der Waals surface area contributed by atoms with Gasteiger partial charge in [0.25, 0.3) is 5.91 Å². The summed E-state index contributed by atoms with van der Waals surface area (Å²) < 4.78 is 7.35. The molecule has 0 bridgehead atoms. The fourth-order valence-corrected chi connectivity index (χ4v) is 3.86. The van der Waals surface area contributed by atoms with Crippen LogP contribution in [0.2, 0.25) is 0 Å². The average molecular weight is 405 g/mol. The van der Waals surface area contributed by atoms with Gasteiger partial charge in [-0.25, -0.2) is 0 Å². The van der Waals surface area contributed by atoms with E-state index in [2.05, 4.69) is 46.5 Å². The van der Waals surface area contributed by atoms with Crippen LogP contribution in [0.25, 0.3) is 0 Å². The van der Waals surface area contributed by atoms with Crippen LogP contribution in [0.3, 0.4) is 0 Å². The Kier molecular flexibility index (Phi) is 6.14. The van der Waals surface area contributed by atoms with E-state index in [0.717, 1.165) is 55.2 Å². The average Bonchev–Trinajstić information content (AvgIpc) is 3.19. The second-order valence-corrected chi connectivity index (χ2v) is 7.55. The summed E-state index contributed by atoms with van der Waals surface area (Å²) in [5.74, 6) is -0.117. The number of nitrogens with one attached hydrogen (secondary N) is 1. The Balaban J connectivity index is 1.50. The molecular formula is C24H28N4O2. The molecular weight excluding hydrogens is 376 g/mol. The third kappa shape index (κ3) is 4.39. The first kappa shape index (κ1) is 20.2. The van der Waals surface area contributed by atoms with Crippen molar-refractivity contribution in [2.75, 3.05) is 36.5 Å². The van der Waals surface area contributed by atoms with Crippen LogP contribution in [0.4, 0.5) is 11.4 Å². The standard InChI is InChI=1S/C24H28N4O2/c1-3-23-21(16-25-28(23)17-19-7-5-4-6-8-19)24(29)26-22-10-9-20(15-18(22)2)27-11-13-30-14-12-27/h4-10,15-16H,3,11-14,17H2,1-2H3,(H,26,29). The zero-order chi connectivity index (χ0) is 20.9. The summed E-state index contributed by atoms with van der Waals surface area (Å²) in [6.45, 7) is 8.03. The highest BCUT2D eigenvalue weighted by Gasteiger charge is 2.18. The van der Waals surface area contributed by atoms with Gasteiger partial charge in [0, 0.05) is 24.5 Å². The van der Waals surface area contributed by atoms with Crippen molar-refractivity contribution in [2.24, 2.45) is 0 Å². The number of aryl methyl sites for hydroxylation is 1. The van der Waals surface area contributed by atoms with Crippen LogP contribution in [0.15, 0.2) is 54.7 Å². The lowest BCUT2D eigenvalue weighted by molar-refractivity contribution is 0.102. The molecule has 4 rings (SSSR count). The number of benzene rings is 2. The number of hydrogen-bond donors (Lipinski definition) is 1. The molecule has 1 aliphatic rings. The molecule has 1 aliphatic heterocycles. The molecule has 0 unspecified atom stereocenters. The zero-order valence-corrected chi connectivity index (χ0v) is 17.6. The quantitative estimate of drug-likeness (QED) is 0.677. The predicted octanol–water partition coefficient (Wildman–Crippen LogP) is 3.89. The number of carbonyl (C=O) groups excluding carboxylic acids is 1. The van der Waals surface area contributed by atoms with Gasteiger partial charge >= 0.3 is 0 Å². The molecule has 2 aromatic carbocycles. The van der Waals surface area contributed by atoms with E-state index >= 15 is 0 Å². The molecule has 6 heteroatoms. The Morgan fingerprint density at radius 1 is 1.13 bits per heavy atom. The van der Waals surface area contributed by atoms with E-state index in [1.54, 1.807) is 6.20 Å². The highest BCUT2D eigenvalue weighted by molar-refractivity contribution is 6.05. The number of amides is 1. The van der Waals surface area contributed by atoms with Gasteiger partial charge in [-0.05, 0) is 42.7 Å². The van der Waals surface area contributed by atoms with Crippen molar-refractivity contribution >= 4 is 17.3 Å². The highest BCUT2D eigenvalue weighted by Crippen LogP contribution is 2.24. The molecule has 0 aliphatic carbocycles. The number of hydrogen-bond acceptors (Lipinski definition) is 4. The van der Waals surface area contributed by atoms with E-state index in [4.69, 9.17) is 4.74 Å². The SMILES string of the molecule is CCc1c(C(=O)Nc2ccc(N3CCOCC3)cc2C)cnn1Cc1ccccc1. The molecule has 0 saturated carbocycles. The van der Waals surface area contributed by atoms with Crippen molar-refractivity contribution in [3.8, 4) is 0 Å². The van der Waals surface area contributed by atoms with Crippen molar-refractivity contribution in [3.63, 3.8) is 0 Å². The molecule has 1 saturated heterocycles. The summed E-state index contributed by atoms with van der Waals surface area (Å²) in [6.07, 6.45) is 2.42. The minimum atomic E-state index is -0.117. The second kappa shape index (κ2) is 9.13. The first-order chi connectivity index (χ1) is 14.7. The molecule has 1 amide bonds. The molecule has 0 spiro atoms. The number of aromatic nitrogens is 2. The fourth-order valence-electron chi connectivity index (χ4n) is 3.86. The maximum absolute atomic E-state index is 13.0. The van der Waals surface area contributed by atoms with Gasteiger partial charge in [-0.1, -0.05) is 37.3 Å². The van der Waals surface area contributed by atoms with Crippen LogP contribution in [0, 0.1) is 6.92 Å². The Morgan fingerprint density at radius 2 is 1.90 bits per heavy atom. The Hall–Kier alpha value is -3.12. The molecule has 2 heterocycles. The van der Waals surface area contributed by atoms with Crippen LogP contribution in [-0.2, 0) is 17.7 Å². The van der Waals surface area contributed by atoms with E-state index in [9.17, 15) is 4.79 Å². The number of morpholine rings is 1. The summed E-state index contributed by atoms with van der Waals surface area (Å²) in [6, 6.07) is 16.3. The largest absolute Gasteiger partial charge is 0.378 e. The maximum Gasteiger partial charge on any atom is 0.259 e. The second-order valence-electron chi connectivity index (χ2n) is 7.55. The molecule has 1 aromatic heterocycles. The van der Waals surface area contributed by atoms with Gasteiger partial charge in [0.15, 0.2) is 0 Å². The smallest absolute Gasteiger partial charge is 0.259 e. The molecule has 1 N–H and O–H groups in total. The van der Waals surface area contributed by atoms with Crippen molar-refractivity contribution < 1.29 is 9.53 Å². The first-order valence-corrected chi connectivity index (χ1v) is 10.5. The Bertz CT molecular complexity index is 1010. The first-order valence-electron chi connectivity index (χ1n) is 10.5. The van der Waals surface area contributed by atoms with E-state index in [1.807, 2.05) is 35.9 Å². The number of anilines is 2. The lowest BCUT2D eigenvalue weighted by Gasteiger charge is -2.29. The van der Waals surface area contributed by atoms with Crippen LogP contribution < -0.4 is 10.2 Å². The molecule has 1 fully saturated rings. The number of nitrogens with zero attached hydrogens (tertiary/aromatic N) is 3. The minimum absolute atomic E-state index is 0.117. The Morgan fingerprint density at radius 3 is 2.60 bits per heavy atom. The Labute approximate surface area is 177 Å². The van der Waals surface area contributed by atoms with Crippen molar-refractivity contribution in [1.82, 2.24) is 9.78 Å². The third-order valence-corrected chi connectivity index (χ3v) is 5.54. The topological polar surface area (TPSA) is 59.4 Å². The molecule has 6 nitrogen and oxygen atoms in total. The summed E-state index contributed by atoms with van der Waals surface area (Å²) in [4.78, 5) is 15.3. The van der Waals surface area contributed by atoms with Gasteiger partial charge in [-0.2, -0.15) is 5.10 Å². The molecule has 156 valence electrons. The van der Waals surface area contributed by atoms with Crippen molar-refractivity contribution in [3.05, 3.63) is 77.1 Å². The summed E-state index contributed by atoms with van der Waals surface area (Å²) in [5, 5.41) is 7.55. The van der Waals surface area contributed by atoms with Crippen LogP contribution in [-0.4, -0.2) is 42.0 Å². The highest BCUT2D eigenvalue weighted by atomic mass is 16.5. The van der Waals surface area contributed by atoms with Crippen LogP contribution >= 0.6 is 0 Å². The normalized spacial score (nSPS) is 14.0. The van der Waals surface area contributed by atoms with E-state index in [0.29, 0.717) is 12.1 Å². The lowest BCUT2D eigenvalue weighted by atomic mass is 10.1. The molecule has 30 heavy (non-hydrogen) atoms. The lowest BCUT2D eigenvalue weighted by Crippen LogP contribution is -2.36.